The van der Waals surface area contributed by atoms with Crippen LogP contribution in [-0.4, -0.2) is 12.1 Å². The molecule has 0 amide bonds. The molecule has 0 fully saturated rings. The minimum Gasteiger partial charge on any atom is -0.334 e. The molecule has 9 rings (SSSR count). The molecule has 6 aromatic rings. The smallest absolute Gasteiger partial charge is 0.0599 e. The molecule has 6 aromatic carbocycles. The zero-order chi connectivity index (χ0) is 27.6. The SMILES string of the molecule is C1=CC2C(c3ccccc3N2c2ccc(-c3ccc4ccccc4c3)cc2)C2c3ccccc3N(c3ccccc3)C12. The molecule has 0 saturated carbocycles. The van der Waals surface area contributed by atoms with Crippen LogP contribution < -0.4 is 9.80 Å². The van der Waals surface area contributed by atoms with Crippen LogP contribution in [0.25, 0.3) is 21.9 Å². The molecule has 4 atom stereocenters. The minimum absolute atomic E-state index is 0.263. The van der Waals surface area contributed by atoms with Gasteiger partial charge in [-0.25, -0.2) is 0 Å². The van der Waals surface area contributed by atoms with E-state index in [9.17, 15) is 0 Å². The summed E-state index contributed by atoms with van der Waals surface area (Å²) in [5, 5.41) is 2.55. The van der Waals surface area contributed by atoms with Gasteiger partial charge >= 0.3 is 0 Å². The third-order valence-electron chi connectivity index (χ3n) is 9.60. The van der Waals surface area contributed by atoms with Crippen LogP contribution in [0.5, 0.6) is 0 Å². The highest BCUT2D eigenvalue weighted by molar-refractivity contribution is 5.88. The second-order valence-electron chi connectivity index (χ2n) is 11.7. The summed E-state index contributed by atoms with van der Waals surface area (Å²) < 4.78 is 0. The molecule has 0 spiro atoms. The van der Waals surface area contributed by atoms with Gasteiger partial charge in [0.05, 0.1) is 12.1 Å². The normalized spacial score (nSPS) is 21.6. The van der Waals surface area contributed by atoms with Crippen molar-refractivity contribution < 1.29 is 0 Å². The van der Waals surface area contributed by atoms with Gasteiger partial charge in [-0.05, 0) is 75.5 Å². The fourth-order valence-electron chi connectivity index (χ4n) is 7.83. The van der Waals surface area contributed by atoms with Gasteiger partial charge in [-0.2, -0.15) is 0 Å². The maximum absolute atomic E-state index is 2.57. The molecule has 3 aliphatic rings. The zero-order valence-electron chi connectivity index (χ0n) is 23.2. The average Bonchev–Trinajstić information content (AvgIpc) is 3.58. The van der Waals surface area contributed by atoms with Crippen molar-refractivity contribution in [1.82, 2.24) is 0 Å². The van der Waals surface area contributed by atoms with Gasteiger partial charge in [0.1, 0.15) is 0 Å². The van der Waals surface area contributed by atoms with Crippen LogP contribution in [0.3, 0.4) is 0 Å². The van der Waals surface area contributed by atoms with Crippen LogP contribution in [0, 0.1) is 0 Å². The van der Waals surface area contributed by atoms with Crippen LogP contribution in [0.2, 0.25) is 0 Å². The Morgan fingerprint density at radius 2 is 0.881 bits per heavy atom. The first-order chi connectivity index (χ1) is 20.8. The Labute approximate surface area is 246 Å². The summed E-state index contributed by atoms with van der Waals surface area (Å²) in [5.74, 6) is 0.741. The summed E-state index contributed by atoms with van der Waals surface area (Å²) in [6.45, 7) is 0. The Bertz CT molecular complexity index is 1970. The van der Waals surface area contributed by atoms with Gasteiger partial charge in [0.25, 0.3) is 0 Å². The van der Waals surface area contributed by atoms with Gasteiger partial charge in [-0.15, -0.1) is 0 Å². The van der Waals surface area contributed by atoms with E-state index >= 15 is 0 Å². The highest BCUT2D eigenvalue weighted by Gasteiger charge is 2.52. The first-order valence-corrected chi connectivity index (χ1v) is 14.9. The van der Waals surface area contributed by atoms with Crippen LogP contribution in [0.1, 0.15) is 23.0 Å². The largest absolute Gasteiger partial charge is 0.334 e. The van der Waals surface area contributed by atoms with Crippen LogP contribution in [-0.2, 0) is 0 Å². The molecular weight excluding hydrogens is 508 g/mol. The zero-order valence-corrected chi connectivity index (χ0v) is 23.2. The standard InChI is InChI=1S/C40H30N2/c1-2-12-31(13-3-1)41-35-16-8-6-14-33(35)39-37(41)24-25-38-40(39)34-15-7-9-17-36(34)42(38)32-22-20-28(21-23-32)30-19-18-27-10-4-5-11-29(27)26-30/h1-26,37-40H. The molecule has 200 valence electrons. The van der Waals surface area contributed by atoms with Gasteiger partial charge in [-0.1, -0.05) is 115 Å². The molecule has 0 radical (unpaired) electrons. The van der Waals surface area contributed by atoms with Crippen molar-refractivity contribution in [2.45, 2.75) is 23.9 Å². The van der Waals surface area contributed by atoms with Crippen LogP contribution >= 0.6 is 0 Å². The molecule has 4 unspecified atom stereocenters. The summed E-state index contributed by atoms with van der Waals surface area (Å²) >= 11 is 0. The lowest BCUT2D eigenvalue weighted by atomic mass is 9.73. The van der Waals surface area contributed by atoms with Crippen molar-refractivity contribution in [3.05, 3.63) is 169 Å². The molecule has 0 N–H and O–H groups in total. The number of hydrogen-bond donors (Lipinski definition) is 0. The highest BCUT2D eigenvalue weighted by Crippen LogP contribution is 2.60. The lowest BCUT2D eigenvalue weighted by Gasteiger charge is -2.38. The van der Waals surface area contributed by atoms with Gasteiger partial charge in [-0.3, -0.25) is 0 Å². The lowest BCUT2D eigenvalue weighted by molar-refractivity contribution is 0.473. The van der Waals surface area contributed by atoms with E-state index in [0.29, 0.717) is 11.8 Å². The van der Waals surface area contributed by atoms with Crippen molar-refractivity contribution in [2.24, 2.45) is 0 Å². The molecule has 2 heterocycles. The van der Waals surface area contributed by atoms with E-state index in [1.165, 1.54) is 55.8 Å². The molecule has 0 bridgehead atoms. The quantitative estimate of drug-likeness (QED) is 0.207. The third-order valence-corrected chi connectivity index (χ3v) is 9.60. The van der Waals surface area contributed by atoms with Crippen molar-refractivity contribution >= 4 is 33.5 Å². The van der Waals surface area contributed by atoms with E-state index in [1.54, 1.807) is 0 Å². The topological polar surface area (TPSA) is 6.48 Å². The molecule has 2 nitrogen and oxygen atoms in total. The van der Waals surface area contributed by atoms with E-state index in [0.717, 1.165) is 0 Å². The summed E-state index contributed by atoms with van der Waals surface area (Å²) in [6, 6.07) is 54.1. The molecule has 0 saturated heterocycles. The lowest BCUT2D eigenvalue weighted by Crippen LogP contribution is -2.40. The Morgan fingerprint density at radius 1 is 0.381 bits per heavy atom. The van der Waals surface area contributed by atoms with Gasteiger partial charge in [0.15, 0.2) is 0 Å². The first-order valence-electron chi connectivity index (χ1n) is 14.9. The van der Waals surface area contributed by atoms with E-state index in [4.69, 9.17) is 0 Å². The molecule has 42 heavy (non-hydrogen) atoms. The first kappa shape index (κ1) is 23.6. The van der Waals surface area contributed by atoms with Gasteiger partial charge in [0.2, 0.25) is 0 Å². The second kappa shape index (κ2) is 9.22. The summed E-state index contributed by atoms with van der Waals surface area (Å²) in [5.41, 5.74) is 10.6. The van der Waals surface area contributed by atoms with E-state index in [2.05, 4.69) is 168 Å². The molecular formula is C40H30N2. The molecule has 2 aliphatic heterocycles. The van der Waals surface area contributed by atoms with Gasteiger partial charge in [0, 0.05) is 34.6 Å². The van der Waals surface area contributed by atoms with Crippen LogP contribution in [0.15, 0.2) is 158 Å². The molecule has 0 aromatic heterocycles. The minimum atomic E-state index is 0.263. The van der Waals surface area contributed by atoms with Gasteiger partial charge < -0.3 is 9.80 Å². The maximum Gasteiger partial charge on any atom is 0.0599 e. The number of anilines is 4. The number of para-hydroxylation sites is 3. The number of hydrogen-bond acceptors (Lipinski definition) is 2. The summed E-state index contributed by atoms with van der Waals surface area (Å²) in [6.07, 6.45) is 4.95. The number of nitrogens with zero attached hydrogens (tertiary/aromatic N) is 2. The number of rotatable bonds is 3. The van der Waals surface area contributed by atoms with Crippen molar-refractivity contribution in [2.75, 3.05) is 9.80 Å². The predicted molar refractivity (Wildman–Crippen MR) is 175 cm³/mol. The van der Waals surface area contributed by atoms with Crippen LogP contribution in [0.4, 0.5) is 22.7 Å². The summed E-state index contributed by atoms with van der Waals surface area (Å²) in [4.78, 5) is 5.13. The Kier molecular flexibility index (Phi) is 5.18. The number of benzene rings is 6. The van der Waals surface area contributed by atoms with E-state index < -0.39 is 0 Å². The van der Waals surface area contributed by atoms with Crippen molar-refractivity contribution in [1.29, 1.82) is 0 Å². The monoisotopic (exact) mass is 538 g/mol. The fraction of sp³-hybridized carbons (Fsp3) is 0.100. The Morgan fingerprint density at radius 3 is 1.52 bits per heavy atom. The third kappa shape index (κ3) is 3.45. The maximum atomic E-state index is 2.57. The fourth-order valence-corrected chi connectivity index (χ4v) is 7.83. The highest BCUT2D eigenvalue weighted by atomic mass is 15.2. The second-order valence-corrected chi connectivity index (χ2v) is 11.7. The number of fused-ring (bicyclic) bond motifs is 8. The Hall–Kier alpha value is -5.08. The van der Waals surface area contributed by atoms with Crippen molar-refractivity contribution in [3.8, 4) is 11.1 Å². The average molecular weight is 539 g/mol. The van der Waals surface area contributed by atoms with E-state index in [-0.39, 0.29) is 12.1 Å². The van der Waals surface area contributed by atoms with Crippen molar-refractivity contribution in [3.63, 3.8) is 0 Å². The molecule has 2 heteroatoms. The summed E-state index contributed by atoms with van der Waals surface area (Å²) in [7, 11) is 0. The predicted octanol–water partition coefficient (Wildman–Crippen LogP) is 9.98. The van der Waals surface area contributed by atoms with E-state index in [1.807, 2.05) is 0 Å². The Balaban J connectivity index is 1.13. The molecule has 1 aliphatic carbocycles.